The molecule has 0 heterocycles. The maximum Gasteiger partial charge on any atom is 0.259 e. The molecule has 0 aliphatic rings. The van der Waals surface area contributed by atoms with Gasteiger partial charge >= 0.3 is 0 Å². The Bertz CT molecular complexity index is 1050. The first-order valence-corrected chi connectivity index (χ1v) is 9.64. The van der Waals surface area contributed by atoms with E-state index in [1.165, 1.54) is 36.0 Å². The number of carbonyl (C=O) groups excluding carboxylic acids is 2. The molecule has 3 aromatic rings. The molecule has 0 spiro atoms. The summed E-state index contributed by atoms with van der Waals surface area (Å²) in [5, 5.41) is 6.31. The maximum absolute atomic E-state index is 12.9. The zero-order valence-corrected chi connectivity index (χ0v) is 17.0. The van der Waals surface area contributed by atoms with Crippen molar-refractivity contribution in [3.8, 4) is 5.75 Å². The van der Waals surface area contributed by atoms with E-state index < -0.39 is 17.6 Å². The van der Waals surface area contributed by atoms with E-state index in [2.05, 4.69) is 15.8 Å². The molecule has 6 nitrogen and oxygen atoms in total. The van der Waals surface area contributed by atoms with Gasteiger partial charge in [0.2, 0.25) is 0 Å². The number of hydrogen-bond donors (Lipinski definition) is 2. The summed E-state index contributed by atoms with van der Waals surface area (Å²) in [5.41, 5.74) is 5.67. The van der Waals surface area contributed by atoms with Crippen molar-refractivity contribution in [3.05, 3.63) is 101 Å². The first-order valence-electron chi connectivity index (χ1n) is 9.64. The molecule has 0 saturated heterocycles. The van der Waals surface area contributed by atoms with Gasteiger partial charge in [-0.1, -0.05) is 29.8 Å². The van der Waals surface area contributed by atoms with Crippen molar-refractivity contribution in [2.24, 2.45) is 5.10 Å². The van der Waals surface area contributed by atoms with E-state index in [9.17, 15) is 14.0 Å². The number of carbonyl (C=O) groups is 2. The van der Waals surface area contributed by atoms with Crippen LogP contribution in [-0.4, -0.2) is 24.6 Å². The van der Waals surface area contributed by atoms with E-state index in [1.807, 2.05) is 55.5 Å². The number of hydrazone groups is 1. The summed E-state index contributed by atoms with van der Waals surface area (Å²) in [4.78, 5) is 23.7. The molecule has 0 aromatic heterocycles. The topological polar surface area (TPSA) is 79.8 Å². The summed E-state index contributed by atoms with van der Waals surface area (Å²) in [7, 11) is 0. The highest BCUT2D eigenvalue weighted by molar-refractivity contribution is 5.96. The SMILES string of the molecule is Cc1ccc(COc2ccc(/C=N\NC(=O)CNC(=O)c3ccc(F)cc3)cc2)cc1. The predicted molar refractivity (Wildman–Crippen MR) is 116 cm³/mol. The Hall–Kier alpha value is -4.00. The molecule has 0 atom stereocenters. The van der Waals surface area contributed by atoms with Gasteiger partial charge in [0, 0.05) is 5.56 Å². The van der Waals surface area contributed by atoms with Gasteiger partial charge in [-0.3, -0.25) is 9.59 Å². The number of nitrogens with zero attached hydrogens (tertiary/aromatic N) is 1. The van der Waals surface area contributed by atoms with Crippen LogP contribution >= 0.6 is 0 Å². The molecule has 3 rings (SSSR count). The summed E-state index contributed by atoms with van der Waals surface area (Å²) in [5.74, 6) is -0.662. The molecule has 0 fully saturated rings. The van der Waals surface area contributed by atoms with Gasteiger partial charge in [0.05, 0.1) is 12.8 Å². The second kappa shape index (κ2) is 10.7. The number of amides is 2. The molecule has 3 aromatic carbocycles. The van der Waals surface area contributed by atoms with E-state index in [-0.39, 0.29) is 12.1 Å². The lowest BCUT2D eigenvalue weighted by molar-refractivity contribution is -0.120. The Morgan fingerprint density at radius 1 is 0.968 bits per heavy atom. The van der Waals surface area contributed by atoms with E-state index in [0.29, 0.717) is 6.61 Å². The van der Waals surface area contributed by atoms with Crippen LogP contribution < -0.4 is 15.5 Å². The molecular formula is C24H22FN3O3. The lowest BCUT2D eigenvalue weighted by Gasteiger charge is -2.07. The first kappa shape index (κ1) is 21.7. The fraction of sp³-hybridized carbons (Fsp3) is 0.125. The third-order valence-electron chi connectivity index (χ3n) is 4.32. The number of benzene rings is 3. The van der Waals surface area contributed by atoms with Gasteiger partial charge in [0.1, 0.15) is 18.2 Å². The fourth-order valence-corrected chi connectivity index (χ4v) is 2.58. The van der Waals surface area contributed by atoms with Crippen LogP contribution in [0.4, 0.5) is 4.39 Å². The van der Waals surface area contributed by atoms with E-state index >= 15 is 0 Å². The van der Waals surface area contributed by atoms with Crippen LogP contribution in [0.5, 0.6) is 5.75 Å². The number of rotatable bonds is 8. The molecule has 2 amide bonds. The predicted octanol–water partition coefficient (Wildman–Crippen LogP) is 3.59. The van der Waals surface area contributed by atoms with Crippen molar-refractivity contribution in [1.29, 1.82) is 0 Å². The van der Waals surface area contributed by atoms with Crippen LogP contribution in [0.3, 0.4) is 0 Å². The van der Waals surface area contributed by atoms with Crippen LogP contribution in [0.1, 0.15) is 27.0 Å². The molecule has 0 unspecified atom stereocenters. The number of aryl methyl sites for hydroxylation is 1. The number of ether oxygens (including phenoxy) is 1. The molecule has 0 aliphatic carbocycles. The monoisotopic (exact) mass is 419 g/mol. The van der Waals surface area contributed by atoms with Gasteiger partial charge < -0.3 is 10.1 Å². The minimum atomic E-state index is -0.482. The lowest BCUT2D eigenvalue weighted by Crippen LogP contribution is -2.34. The Morgan fingerprint density at radius 2 is 1.65 bits per heavy atom. The minimum Gasteiger partial charge on any atom is -0.489 e. The molecule has 31 heavy (non-hydrogen) atoms. The quantitative estimate of drug-likeness (QED) is 0.433. The largest absolute Gasteiger partial charge is 0.489 e. The summed E-state index contributed by atoms with van der Waals surface area (Å²) in [6.45, 7) is 2.27. The maximum atomic E-state index is 12.9. The molecule has 7 heteroatoms. The van der Waals surface area contributed by atoms with Crippen molar-refractivity contribution in [2.45, 2.75) is 13.5 Å². The van der Waals surface area contributed by atoms with E-state index in [0.717, 1.165) is 16.9 Å². The standard InChI is InChI=1S/C24H22FN3O3/c1-17-2-4-19(5-3-17)16-31-22-12-6-18(7-13-22)14-27-28-23(29)15-26-24(30)20-8-10-21(25)11-9-20/h2-14H,15-16H2,1H3,(H,26,30)(H,28,29)/b27-14-. The smallest absolute Gasteiger partial charge is 0.259 e. The fourth-order valence-electron chi connectivity index (χ4n) is 2.58. The Balaban J connectivity index is 1.40. The number of halogens is 1. The van der Waals surface area contributed by atoms with Gasteiger partial charge in [0.15, 0.2) is 0 Å². The average molecular weight is 419 g/mol. The van der Waals surface area contributed by atoms with Gasteiger partial charge in [-0.05, 0) is 66.6 Å². The average Bonchev–Trinajstić information content (AvgIpc) is 2.78. The van der Waals surface area contributed by atoms with Crippen LogP contribution in [0, 0.1) is 12.7 Å². The second-order valence-electron chi connectivity index (χ2n) is 6.83. The number of hydrogen-bond acceptors (Lipinski definition) is 4. The molecule has 0 bridgehead atoms. The van der Waals surface area contributed by atoms with Crippen molar-refractivity contribution < 1.29 is 18.7 Å². The van der Waals surface area contributed by atoms with Crippen LogP contribution in [0.2, 0.25) is 0 Å². The first-order chi connectivity index (χ1) is 15.0. The van der Waals surface area contributed by atoms with E-state index in [4.69, 9.17) is 4.74 Å². The third-order valence-corrected chi connectivity index (χ3v) is 4.32. The van der Waals surface area contributed by atoms with Gasteiger partial charge in [-0.15, -0.1) is 0 Å². The summed E-state index contributed by atoms with van der Waals surface area (Å²) in [6, 6.07) is 20.5. The van der Waals surface area contributed by atoms with Crippen LogP contribution in [0.25, 0.3) is 0 Å². The molecule has 0 aliphatic heterocycles. The summed E-state index contributed by atoms with van der Waals surface area (Å²) in [6.07, 6.45) is 1.49. The van der Waals surface area contributed by atoms with Crippen LogP contribution in [0.15, 0.2) is 77.9 Å². The Labute approximate surface area is 179 Å². The van der Waals surface area contributed by atoms with Crippen molar-refractivity contribution in [2.75, 3.05) is 6.54 Å². The van der Waals surface area contributed by atoms with Crippen LogP contribution in [-0.2, 0) is 11.4 Å². The lowest BCUT2D eigenvalue weighted by atomic mass is 10.2. The zero-order valence-electron chi connectivity index (χ0n) is 17.0. The Kier molecular flexibility index (Phi) is 7.48. The molecule has 2 N–H and O–H groups in total. The van der Waals surface area contributed by atoms with Gasteiger partial charge in [-0.25, -0.2) is 9.82 Å². The van der Waals surface area contributed by atoms with Crippen molar-refractivity contribution in [1.82, 2.24) is 10.7 Å². The highest BCUT2D eigenvalue weighted by Gasteiger charge is 2.07. The third kappa shape index (κ3) is 7.08. The molecule has 158 valence electrons. The molecule has 0 radical (unpaired) electrons. The Morgan fingerprint density at radius 3 is 2.32 bits per heavy atom. The highest BCUT2D eigenvalue weighted by Crippen LogP contribution is 2.14. The van der Waals surface area contributed by atoms with E-state index in [1.54, 1.807) is 0 Å². The second-order valence-corrected chi connectivity index (χ2v) is 6.83. The molecule has 0 saturated carbocycles. The summed E-state index contributed by atoms with van der Waals surface area (Å²) < 4.78 is 18.6. The normalized spacial score (nSPS) is 10.6. The van der Waals surface area contributed by atoms with Gasteiger partial charge in [0.25, 0.3) is 11.8 Å². The number of nitrogens with one attached hydrogen (secondary N) is 2. The molecular weight excluding hydrogens is 397 g/mol. The highest BCUT2D eigenvalue weighted by atomic mass is 19.1. The van der Waals surface area contributed by atoms with Crippen molar-refractivity contribution in [3.63, 3.8) is 0 Å². The van der Waals surface area contributed by atoms with Crippen molar-refractivity contribution >= 4 is 18.0 Å². The van der Waals surface area contributed by atoms with Gasteiger partial charge in [-0.2, -0.15) is 5.10 Å². The zero-order chi connectivity index (χ0) is 22.1. The minimum absolute atomic E-state index is 0.251. The summed E-state index contributed by atoms with van der Waals surface area (Å²) >= 11 is 0.